The second-order valence-corrected chi connectivity index (χ2v) is 6.30. The zero-order valence-corrected chi connectivity index (χ0v) is 13.4. The van der Waals surface area contributed by atoms with Gasteiger partial charge in [-0.1, -0.05) is 48.9 Å². The Balaban J connectivity index is 1.64. The Morgan fingerprint density at radius 3 is 2.58 bits per heavy atom. The molecule has 2 aromatic rings. The fraction of sp³-hybridized carbons (Fsp3) is 0.300. The summed E-state index contributed by atoms with van der Waals surface area (Å²) in [6, 6.07) is 17.0. The Hall–Kier alpha value is -2.62. The van der Waals surface area contributed by atoms with Crippen molar-refractivity contribution >= 4 is 11.9 Å². The van der Waals surface area contributed by atoms with Gasteiger partial charge in [-0.15, -0.1) is 0 Å². The third-order valence-electron chi connectivity index (χ3n) is 4.63. The number of nitrogens with one attached hydrogen (secondary N) is 1. The van der Waals surface area contributed by atoms with Gasteiger partial charge in [0.1, 0.15) is 0 Å². The fourth-order valence-corrected chi connectivity index (χ4v) is 3.49. The predicted molar refractivity (Wildman–Crippen MR) is 92.1 cm³/mol. The molecular weight excluding hydrogens is 302 g/mol. The average Bonchev–Trinajstić information content (AvgIpc) is 3.03. The highest BCUT2D eigenvalue weighted by molar-refractivity contribution is 5.88. The summed E-state index contributed by atoms with van der Waals surface area (Å²) >= 11 is 0. The summed E-state index contributed by atoms with van der Waals surface area (Å²) in [6.45, 7) is 0. The summed E-state index contributed by atoms with van der Waals surface area (Å²) < 4.78 is 0. The molecule has 1 aliphatic carbocycles. The molecule has 0 bridgehead atoms. The Kier molecular flexibility index (Phi) is 4.94. The lowest BCUT2D eigenvalue weighted by atomic mass is 9.94. The highest BCUT2D eigenvalue weighted by atomic mass is 16.4. The molecular formula is C20H21NO3. The van der Waals surface area contributed by atoms with E-state index < -0.39 is 5.97 Å². The van der Waals surface area contributed by atoms with E-state index >= 15 is 0 Å². The zero-order chi connectivity index (χ0) is 16.9. The third-order valence-corrected chi connectivity index (χ3v) is 4.63. The third kappa shape index (κ3) is 3.82. The number of benzene rings is 2. The van der Waals surface area contributed by atoms with Crippen LogP contribution in [0.5, 0.6) is 0 Å². The van der Waals surface area contributed by atoms with E-state index in [1.165, 1.54) is 11.6 Å². The molecule has 4 heteroatoms. The van der Waals surface area contributed by atoms with E-state index in [1.807, 2.05) is 18.2 Å². The zero-order valence-electron chi connectivity index (χ0n) is 13.4. The minimum Gasteiger partial charge on any atom is -0.478 e. The lowest BCUT2D eigenvalue weighted by Crippen LogP contribution is -2.37. The molecule has 1 fully saturated rings. The molecule has 0 heterocycles. The monoisotopic (exact) mass is 323 g/mol. The summed E-state index contributed by atoms with van der Waals surface area (Å²) in [5.74, 6) is -0.664. The Labute approximate surface area is 141 Å². The predicted octanol–water partition coefficient (Wildman–Crippen LogP) is 3.38. The van der Waals surface area contributed by atoms with Crippen molar-refractivity contribution < 1.29 is 14.7 Å². The maximum atomic E-state index is 12.4. The number of hydrogen-bond donors (Lipinski definition) is 2. The van der Waals surface area contributed by atoms with Crippen LogP contribution < -0.4 is 5.32 Å². The first-order chi connectivity index (χ1) is 11.6. The summed E-state index contributed by atoms with van der Waals surface area (Å²) in [5, 5.41) is 12.2. The van der Waals surface area contributed by atoms with Crippen LogP contribution in [-0.4, -0.2) is 23.0 Å². The highest BCUT2D eigenvalue weighted by Gasteiger charge is 2.29. The van der Waals surface area contributed by atoms with Gasteiger partial charge in [0.25, 0.3) is 0 Å². The van der Waals surface area contributed by atoms with Crippen molar-refractivity contribution in [1.29, 1.82) is 0 Å². The van der Waals surface area contributed by atoms with Gasteiger partial charge < -0.3 is 10.4 Å². The van der Waals surface area contributed by atoms with E-state index in [0.717, 1.165) is 24.8 Å². The molecule has 124 valence electrons. The van der Waals surface area contributed by atoms with Crippen LogP contribution in [0, 0.1) is 0 Å². The van der Waals surface area contributed by atoms with Gasteiger partial charge >= 0.3 is 5.97 Å². The van der Waals surface area contributed by atoms with Gasteiger partial charge in [0.05, 0.1) is 12.0 Å². The van der Waals surface area contributed by atoms with E-state index in [0.29, 0.717) is 5.92 Å². The van der Waals surface area contributed by atoms with Crippen LogP contribution in [0.2, 0.25) is 0 Å². The second kappa shape index (κ2) is 7.30. The molecule has 0 aliphatic heterocycles. The molecule has 24 heavy (non-hydrogen) atoms. The van der Waals surface area contributed by atoms with Gasteiger partial charge in [-0.3, -0.25) is 4.79 Å². The van der Waals surface area contributed by atoms with Gasteiger partial charge in [-0.2, -0.15) is 0 Å². The van der Waals surface area contributed by atoms with Crippen LogP contribution in [-0.2, 0) is 11.2 Å². The van der Waals surface area contributed by atoms with Crippen molar-refractivity contribution in [3.05, 3.63) is 71.3 Å². The molecule has 0 saturated heterocycles. The summed E-state index contributed by atoms with van der Waals surface area (Å²) in [5.41, 5.74) is 2.21. The second-order valence-electron chi connectivity index (χ2n) is 6.30. The normalized spacial score (nSPS) is 19.8. The first kappa shape index (κ1) is 16.2. The van der Waals surface area contributed by atoms with Crippen LogP contribution in [0.25, 0.3) is 0 Å². The number of carboxylic acids is 1. The summed E-state index contributed by atoms with van der Waals surface area (Å²) in [6.07, 6.45) is 3.39. The highest BCUT2D eigenvalue weighted by Crippen LogP contribution is 2.34. The van der Waals surface area contributed by atoms with Crippen molar-refractivity contribution in [1.82, 2.24) is 5.32 Å². The first-order valence-corrected chi connectivity index (χ1v) is 8.30. The number of rotatable bonds is 5. The lowest BCUT2D eigenvalue weighted by Gasteiger charge is -2.21. The number of aromatic carboxylic acids is 1. The lowest BCUT2D eigenvalue weighted by molar-refractivity contribution is -0.121. The van der Waals surface area contributed by atoms with Crippen molar-refractivity contribution in [2.24, 2.45) is 0 Å². The largest absolute Gasteiger partial charge is 0.478 e. The Bertz CT molecular complexity index is 727. The number of amides is 1. The summed E-state index contributed by atoms with van der Waals surface area (Å²) in [4.78, 5) is 23.4. The molecule has 1 amide bonds. The van der Waals surface area contributed by atoms with Crippen molar-refractivity contribution in [3.8, 4) is 0 Å². The number of carbonyl (C=O) groups is 2. The molecule has 2 aromatic carbocycles. The van der Waals surface area contributed by atoms with Crippen molar-refractivity contribution in [2.75, 3.05) is 0 Å². The van der Waals surface area contributed by atoms with Crippen LogP contribution in [0.3, 0.4) is 0 Å². The standard InChI is InChI=1S/C20H21NO3/c22-19(13-14-6-4-9-16(12-14)20(23)24)21-18-11-5-10-17(18)15-7-2-1-3-8-15/h1-4,6-9,12,17-18H,5,10-11,13H2,(H,21,22)(H,23,24)/t17-,18+/m0/s1. The quantitative estimate of drug-likeness (QED) is 0.886. The molecule has 3 rings (SSSR count). The molecule has 0 aromatic heterocycles. The molecule has 2 atom stereocenters. The molecule has 0 unspecified atom stereocenters. The molecule has 2 N–H and O–H groups in total. The van der Waals surface area contributed by atoms with E-state index in [1.54, 1.807) is 18.2 Å². The number of carboxylic acid groups (broad SMARTS) is 1. The van der Waals surface area contributed by atoms with Crippen LogP contribution in [0.1, 0.15) is 46.7 Å². The molecule has 1 saturated carbocycles. The smallest absolute Gasteiger partial charge is 0.335 e. The van der Waals surface area contributed by atoms with E-state index in [2.05, 4.69) is 17.4 Å². The van der Waals surface area contributed by atoms with Crippen LogP contribution in [0.4, 0.5) is 0 Å². The molecule has 0 spiro atoms. The maximum Gasteiger partial charge on any atom is 0.335 e. The van der Waals surface area contributed by atoms with E-state index in [4.69, 9.17) is 5.11 Å². The number of carbonyl (C=O) groups excluding carboxylic acids is 1. The van der Waals surface area contributed by atoms with Gasteiger partial charge in [0.2, 0.25) is 5.91 Å². The topological polar surface area (TPSA) is 66.4 Å². The minimum atomic E-state index is -0.975. The average molecular weight is 323 g/mol. The molecule has 4 nitrogen and oxygen atoms in total. The Morgan fingerprint density at radius 2 is 1.83 bits per heavy atom. The van der Waals surface area contributed by atoms with Gasteiger partial charge in [-0.05, 0) is 36.1 Å². The SMILES string of the molecule is O=C(Cc1cccc(C(=O)O)c1)N[C@@H]1CCC[C@H]1c1ccccc1. The van der Waals surface area contributed by atoms with E-state index in [9.17, 15) is 9.59 Å². The summed E-state index contributed by atoms with van der Waals surface area (Å²) in [7, 11) is 0. The van der Waals surface area contributed by atoms with Crippen molar-refractivity contribution in [2.45, 2.75) is 37.6 Å². The van der Waals surface area contributed by atoms with Gasteiger partial charge in [0, 0.05) is 12.0 Å². The Morgan fingerprint density at radius 1 is 1.04 bits per heavy atom. The maximum absolute atomic E-state index is 12.4. The molecule has 0 radical (unpaired) electrons. The minimum absolute atomic E-state index is 0.0506. The van der Waals surface area contributed by atoms with Crippen LogP contribution in [0.15, 0.2) is 54.6 Å². The first-order valence-electron chi connectivity index (χ1n) is 8.30. The molecule has 1 aliphatic rings. The fourth-order valence-electron chi connectivity index (χ4n) is 3.49. The van der Waals surface area contributed by atoms with Gasteiger partial charge in [-0.25, -0.2) is 4.79 Å². The van der Waals surface area contributed by atoms with Gasteiger partial charge in [0.15, 0.2) is 0 Å². The number of hydrogen-bond acceptors (Lipinski definition) is 2. The van der Waals surface area contributed by atoms with Crippen LogP contribution >= 0.6 is 0 Å². The van der Waals surface area contributed by atoms with Crippen molar-refractivity contribution in [3.63, 3.8) is 0 Å². The van der Waals surface area contributed by atoms with E-state index in [-0.39, 0.29) is 23.9 Å².